The molecule has 1 aliphatic carbocycles. The third kappa shape index (κ3) is 3.34. The van der Waals surface area contributed by atoms with E-state index in [9.17, 15) is 14.7 Å². The minimum atomic E-state index is -0.979. The number of carboxylic acid groups (broad SMARTS) is 1. The number of hydrogen-bond donors (Lipinski definition) is 2. The number of hydrogen-bond acceptors (Lipinski definition) is 3. The molecule has 0 spiro atoms. The predicted octanol–water partition coefficient (Wildman–Crippen LogP) is 3.30. The fourth-order valence-corrected chi connectivity index (χ4v) is 2.92. The number of amides is 1. The Morgan fingerprint density at radius 1 is 1.13 bits per heavy atom. The lowest BCUT2D eigenvalue weighted by molar-refractivity contribution is 0.0694. The Bertz CT molecular complexity index is 727. The molecule has 0 heterocycles. The molecule has 2 aromatic rings. The molecule has 0 saturated heterocycles. The van der Waals surface area contributed by atoms with Gasteiger partial charge in [0.25, 0.3) is 0 Å². The first-order chi connectivity index (χ1) is 11.1. The van der Waals surface area contributed by atoms with Gasteiger partial charge in [-0.3, -0.25) is 0 Å². The Morgan fingerprint density at radius 3 is 2.65 bits per heavy atom. The molecule has 3 rings (SSSR count). The van der Waals surface area contributed by atoms with E-state index in [0.717, 1.165) is 17.5 Å². The van der Waals surface area contributed by atoms with Crippen LogP contribution in [0.1, 0.15) is 39.5 Å². The molecule has 0 saturated carbocycles. The summed E-state index contributed by atoms with van der Waals surface area (Å²) in [6.07, 6.45) is 0.895. The molecular formula is C18H17NO4. The fraction of sp³-hybridized carbons (Fsp3) is 0.222. The maximum atomic E-state index is 12.0. The summed E-state index contributed by atoms with van der Waals surface area (Å²) in [6, 6.07) is 14.3. The van der Waals surface area contributed by atoms with Gasteiger partial charge in [0.2, 0.25) is 0 Å². The molecule has 23 heavy (non-hydrogen) atoms. The maximum absolute atomic E-state index is 12.0. The molecule has 1 atom stereocenters. The van der Waals surface area contributed by atoms with Gasteiger partial charge in [-0.15, -0.1) is 0 Å². The van der Waals surface area contributed by atoms with E-state index in [1.165, 1.54) is 0 Å². The second-order valence-corrected chi connectivity index (χ2v) is 5.48. The van der Waals surface area contributed by atoms with E-state index in [1.807, 2.05) is 36.4 Å². The normalized spacial score (nSPS) is 15.7. The number of rotatable bonds is 4. The number of carbonyl (C=O) groups excluding carboxylic acids is 1. The smallest absolute Gasteiger partial charge is 0.407 e. The lowest BCUT2D eigenvalue weighted by Crippen LogP contribution is -2.28. The van der Waals surface area contributed by atoms with Gasteiger partial charge >= 0.3 is 12.1 Å². The molecule has 0 fully saturated rings. The monoisotopic (exact) mass is 311 g/mol. The zero-order valence-electron chi connectivity index (χ0n) is 12.5. The molecule has 5 nitrogen and oxygen atoms in total. The molecule has 2 aromatic carbocycles. The van der Waals surface area contributed by atoms with Gasteiger partial charge in [-0.25, -0.2) is 9.59 Å². The van der Waals surface area contributed by atoms with Crippen LogP contribution in [-0.2, 0) is 17.8 Å². The zero-order valence-corrected chi connectivity index (χ0v) is 12.5. The van der Waals surface area contributed by atoms with Crippen LogP contribution in [0.2, 0.25) is 0 Å². The summed E-state index contributed by atoms with van der Waals surface area (Å²) < 4.78 is 5.21. The van der Waals surface area contributed by atoms with Crippen molar-refractivity contribution in [3.63, 3.8) is 0 Å². The lowest BCUT2D eigenvalue weighted by atomic mass is 10.0. The highest BCUT2D eigenvalue weighted by Crippen LogP contribution is 2.33. The van der Waals surface area contributed by atoms with Gasteiger partial charge in [-0.2, -0.15) is 0 Å². The molecule has 0 bridgehead atoms. The number of aryl methyl sites for hydroxylation is 1. The average molecular weight is 311 g/mol. The van der Waals surface area contributed by atoms with Crippen LogP contribution in [0.3, 0.4) is 0 Å². The molecule has 5 heteroatoms. The van der Waals surface area contributed by atoms with Crippen molar-refractivity contribution in [2.24, 2.45) is 0 Å². The summed E-state index contributed by atoms with van der Waals surface area (Å²) in [7, 11) is 0. The van der Waals surface area contributed by atoms with Crippen LogP contribution in [0, 0.1) is 0 Å². The summed E-state index contributed by atoms with van der Waals surface area (Å²) in [4.78, 5) is 23.3. The van der Waals surface area contributed by atoms with Gasteiger partial charge in [-0.1, -0.05) is 42.5 Å². The van der Waals surface area contributed by atoms with Crippen LogP contribution >= 0.6 is 0 Å². The first-order valence-electron chi connectivity index (χ1n) is 7.47. The van der Waals surface area contributed by atoms with Gasteiger partial charge in [0.05, 0.1) is 11.6 Å². The predicted molar refractivity (Wildman–Crippen MR) is 84.2 cm³/mol. The van der Waals surface area contributed by atoms with Gasteiger partial charge in [0.1, 0.15) is 6.61 Å². The highest BCUT2D eigenvalue weighted by atomic mass is 16.5. The second-order valence-electron chi connectivity index (χ2n) is 5.48. The molecule has 0 radical (unpaired) electrons. The zero-order chi connectivity index (χ0) is 16.2. The summed E-state index contributed by atoms with van der Waals surface area (Å²) in [6.45, 7) is 0.187. The second kappa shape index (κ2) is 6.52. The number of aromatic carboxylic acids is 1. The van der Waals surface area contributed by atoms with Crippen molar-refractivity contribution in [2.45, 2.75) is 25.5 Å². The number of nitrogens with one attached hydrogen (secondary N) is 1. The van der Waals surface area contributed by atoms with E-state index < -0.39 is 12.1 Å². The summed E-state index contributed by atoms with van der Waals surface area (Å²) >= 11 is 0. The van der Waals surface area contributed by atoms with E-state index in [-0.39, 0.29) is 18.2 Å². The Morgan fingerprint density at radius 2 is 1.91 bits per heavy atom. The highest BCUT2D eigenvalue weighted by Gasteiger charge is 2.29. The van der Waals surface area contributed by atoms with Crippen molar-refractivity contribution < 1.29 is 19.4 Å². The lowest BCUT2D eigenvalue weighted by Gasteiger charge is -2.16. The first kappa shape index (κ1) is 15.1. The number of carboxylic acids is 1. The number of ether oxygens (including phenoxy) is 1. The average Bonchev–Trinajstić information content (AvgIpc) is 2.97. The Hall–Kier alpha value is -2.82. The van der Waals surface area contributed by atoms with Gasteiger partial charge < -0.3 is 15.2 Å². The van der Waals surface area contributed by atoms with Crippen LogP contribution < -0.4 is 5.32 Å². The van der Waals surface area contributed by atoms with Crippen molar-refractivity contribution in [3.05, 3.63) is 70.8 Å². The van der Waals surface area contributed by atoms with Crippen molar-refractivity contribution >= 4 is 12.1 Å². The van der Waals surface area contributed by atoms with Crippen LogP contribution in [-0.4, -0.2) is 17.2 Å². The topological polar surface area (TPSA) is 75.6 Å². The molecular weight excluding hydrogens is 294 g/mol. The Labute approximate surface area is 133 Å². The van der Waals surface area contributed by atoms with E-state index in [1.54, 1.807) is 12.1 Å². The first-order valence-corrected chi connectivity index (χ1v) is 7.47. The van der Waals surface area contributed by atoms with Crippen molar-refractivity contribution in [1.82, 2.24) is 5.32 Å². The molecule has 0 unspecified atom stereocenters. The molecule has 1 aliphatic rings. The van der Waals surface area contributed by atoms with Gasteiger partial charge in [-0.05, 0) is 35.6 Å². The molecule has 118 valence electrons. The van der Waals surface area contributed by atoms with Crippen molar-refractivity contribution in [3.8, 4) is 0 Å². The Balaban J connectivity index is 1.66. The van der Waals surface area contributed by atoms with E-state index in [4.69, 9.17) is 4.74 Å². The summed E-state index contributed by atoms with van der Waals surface area (Å²) in [5, 5.41) is 12.1. The molecule has 2 N–H and O–H groups in total. The van der Waals surface area contributed by atoms with Gasteiger partial charge in [0.15, 0.2) is 0 Å². The van der Waals surface area contributed by atoms with Crippen LogP contribution in [0.25, 0.3) is 0 Å². The third-order valence-corrected chi connectivity index (χ3v) is 3.98. The third-order valence-electron chi connectivity index (χ3n) is 3.98. The quantitative estimate of drug-likeness (QED) is 0.908. The Kier molecular flexibility index (Phi) is 4.28. The largest absolute Gasteiger partial charge is 0.478 e. The van der Waals surface area contributed by atoms with Crippen molar-refractivity contribution in [1.29, 1.82) is 0 Å². The number of benzene rings is 2. The van der Waals surface area contributed by atoms with Gasteiger partial charge in [0, 0.05) is 0 Å². The maximum Gasteiger partial charge on any atom is 0.407 e. The summed E-state index contributed by atoms with van der Waals surface area (Å²) in [5.41, 5.74) is 2.81. The number of alkyl carbamates (subject to hydrolysis) is 1. The minimum Gasteiger partial charge on any atom is -0.478 e. The molecule has 1 amide bonds. The van der Waals surface area contributed by atoms with Crippen LogP contribution in [0.15, 0.2) is 48.5 Å². The molecule has 0 aliphatic heterocycles. The van der Waals surface area contributed by atoms with Crippen LogP contribution in [0.4, 0.5) is 4.79 Å². The fourth-order valence-electron chi connectivity index (χ4n) is 2.92. The highest BCUT2D eigenvalue weighted by molar-refractivity contribution is 5.90. The van der Waals surface area contributed by atoms with E-state index in [2.05, 4.69) is 5.32 Å². The minimum absolute atomic E-state index is 0.187. The van der Waals surface area contributed by atoms with E-state index in [0.29, 0.717) is 12.0 Å². The van der Waals surface area contributed by atoms with Crippen LogP contribution in [0.5, 0.6) is 0 Å². The number of carbonyl (C=O) groups is 2. The van der Waals surface area contributed by atoms with E-state index >= 15 is 0 Å². The molecule has 0 aromatic heterocycles. The summed E-state index contributed by atoms with van der Waals surface area (Å²) in [5.74, 6) is -0.979. The van der Waals surface area contributed by atoms with Crippen molar-refractivity contribution in [2.75, 3.05) is 0 Å². The standard InChI is InChI=1S/C18H17NO4/c20-17(21)14-8-4-7-13-9-10-15(16(13)14)19-18(22)23-11-12-5-2-1-3-6-12/h1-8,15H,9-11H2,(H,19,22)(H,20,21)/t15-/m1/s1. The number of fused-ring (bicyclic) bond motifs is 1. The SMILES string of the molecule is O=C(N[C@@H]1CCc2cccc(C(=O)O)c21)OCc1ccccc1.